The second-order valence-corrected chi connectivity index (χ2v) is 26.2. The average Bonchev–Trinajstić information content (AvgIpc) is 3.64. The lowest BCUT2D eigenvalue weighted by Gasteiger charge is -2.25. The van der Waals surface area contributed by atoms with E-state index in [2.05, 4.69) is 111 Å². The number of esters is 2. The zero-order valence-corrected chi connectivity index (χ0v) is 58.8. The van der Waals surface area contributed by atoms with E-state index >= 15 is 0 Å². The minimum atomic E-state index is -1.53. The highest BCUT2D eigenvalue weighted by Gasteiger charge is 2.25. The Morgan fingerprint density at radius 3 is 1.00 bits per heavy atom. The van der Waals surface area contributed by atoms with Gasteiger partial charge in [-0.25, -0.2) is 4.79 Å². The number of likely N-dealkylation sites (N-methyl/N-ethyl adjacent to an activating group) is 1. The van der Waals surface area contributed by atoms with Gasteiger partial charge in [-0.15, -0.1) is 0 Å². The maximum absolute atomic E-state index is 12.9. The van der Waals surface area contributed by atoms with Crippen molar-refractivity contribution in [1.29, 1.82) is 0 Å². The van der Waals surface area contributed by atoms with E-state index in [0.717, 1.165) is 64.2 Å². The molecular formula is C80H142NO8+. The van der Waals surface area contributed by atoms with E-state index in [1.165, 1.54) is 231 Å². The van der Waals surface area contributed by atoms with E-state index in [1.54, 1.807) is 0 Å². The van der Waals surface area contributed by atoms with Gasteiger partial charge in [-0.3, -0.25) is 9.59 Å². The fraction of sp³-hybridized carbons (Fsp3) is 0.762. The lowest BCUT2D eigenvalue weighted by molar-refractivity contribution is -0.870. The van der Waals surface area contributed by atoms with Gasteiger partial charge in [-0.05, 0) is 89.9 Å². The lowest BCUT2D eigenvalue weighted by Crippen LogP contribution is -2.40. The van der Waals surface area contributed by atoms with Gasteiger partial charge in [0, 0.05) is 12.8 Å². The van der Waals surface area contributed by atoms with Gasteiger partial charge in [-0.2, -0.15) is 0 Å². The number of quaternary nitrogens is 1. The van der Waals surface area contributed by atoms with Crippen LogP contribution in [0.1, 0.15) is 335 Å². The molecule has 0 spiro atoms. The molecule has 0 aromatic rings. The van der Waals surface area contributed by atoms with Crippen LogP contribution < -0.4 is 0 Å². The molecule has 89 heavy (non-hydrogen) atoms. The van der Waals surface area contributed by atoms with Crippen LogP contribution in [-0.4, -0.2) is 87.4 Å². The van der Waals surface area contributed by atoms with Crippen molar-refractivity contribution in [3.05, 3.63) is 97.2 Å². The summed E-state index contributed by atoms with van der Waals surface area (Å²) in [5.74, 6) is -2.08. The number of hydrogen-bond donors (Lipinski definition) is 1. The number of hydrogen-bond acceptors (Lipinski definition) is 7. The summed E-state index contributed by atoms with van der Waals surface area (Å²) in [6, 6.07) is 0. The topological polar surface area (TPSA) is 108 Å². The predicted molar refractivity (Wildman–Crippen MR) is 382 cm³/mol. The normalized spacial score (nSPS) is 13.2. The first-order valence-corrected chi connectivity index (χ1v) is 37.4. The molecule has 0 aromatic heterocycles. The third-order valence-corrected chi connectivity index (χ3v) is 16.3. The van der Waals surface area contributed by atoms with Crippen molar-refractivity contribution in [3.63, 3.8) is 0 Å². The number of allylic oxidation sites excluding steroid dienone is 16. The van der Waals surface area contributed by atoms with Gasteiger partial charge < -0.3 is 28.5 Å². The Labute approximate surface area is 550 Å². The highest BCUT2D eigenvalue weighted by molar-refractivity contribution is 5.71. The van der Waals surface area contributed by atoms with Gasteiger partial charge >= 0.3 is 17.9 Å². The zero-order valence-electron chi connectivity index (χ0n) is 58.8. The molecule has 2 atom stereocenters. The monoisotopic (exact) mass is 1250 g/mol. The Bertz CT molecular complexity index is 1790. The number of rotatable bonds is 69. The lowest BCUT2D eigenvalue weighted by atomic mass is 10.0. The van der Waals surface area contributed by atoms with Crippen molar-refractivity contribution >= 4 is 17.9 Å². The van der Waals surface area contributed by atoms with Crippen LogP contribution in [0.2, 0.25) is 0 Å². The van der Waals surface area contributed by atoms with Crippen molar-refractivity contribution in [3.8, 4) is 0 Å². The smallest absolute Gasteiger partial charge is 0.361 e. The standard InChI is InChI=1S/C80H141NO8/c1-6-8-10-12-14-16-18-20-22-24-26-28-30-31-32-33-34-35-36-37-38-39-40-41-42-43-44-45-46-47-49-50-52-54-56-58-60-62-64-66-68-70-77(82)87-74-76(75-88-80(79(84)85)86-73-72-81(3,4)5)89-78(83)71-69-67-65-63-61-59-57-55-53-51-48-29-27-25-23-21-19-17-15-13-11-9-7-2/h9,11,15,17,21,23-24,26-27,29,51,53,57,59,63,65,76,80H,6-8,10,12-14,16,18-20,22,25,28,30-50,52,54-56,58,60-62,64,66-75H2,1-5H3/p+1/b11-9-,17-15-,23-21-,26-24-,29-27-,53-51-,59-57-,65-63-. The van der Waals surface area contributed by atoms with Crippen LogP contribution in [0, 0.1) is 0 Å². The SMILES string of the molecule is CC/C=C\C/C=C\C/C=C\C/C=C\C/C=C\C/C=C\C/C=C\CCCC(=O)OC(COC(=O)CCCCCCCCCCCCCCCCCCCCCCCCCCCCCCC/C=C\CCCCCCCCCC)COC(OCC[N+](C)(C)C)C(=O)O. The molecule has 0 heterocycles. The van der Waals surface area contributed by atoms with Gasteiger partial charge in [-0.1, -0.05) is 329 Å². The van der Waals surface area contributed by atoms with Crippen LogP contribution in [0.5, 0.6) is 0 Å². The number of nitrogens with zero attached hydrogens (tertiary/aromatic N) is 1. The summed E-state index contributed by atoms with van der Waals surface area (Å²) in [5.41, 5.74) is 0. The van der Waals surface area contributed by atoms with Gasteiger partial charge in [0.2, 0.25) is 0 Å². The number of unbranched alkanes of at least 4 members (excludes halogenated alkanes) is 38. The number of ether oxygens (including phenoxy) is 4. The molecule has 0 rings (SSSR count). The molecule has 0 aliphatic rings. The summed E-state index contributed by atoms with van der Waals surface area (Å²) in [4.78, 5) is 37.6. The number of carboxylic acid groups (broad SMARTS) is 1. The predicted octanol–water partition coefficient (Wildman–Crippen LogP) is 23.6. The minimum Gasteiger partial charge on any atom is -0.477 e. The molecule has 0 amide bonds. The third-order valence-electron chi connectivity index (χ3n) is 16.3. The molecule has 0 radical (unpaired) electrons. The second kappa shape index (κ2) is 70.1. The largest absolute Gasteiger partial charge is 0.477 e. The number of carbonyl (C=O) groups is 3. The molecule has 0 aliphatic heterocycles. The van der Waals surface area contributed by atoms with E-state index in [1.807, 2.05) is 21.1 Å². The molecule has 0 bridgehead atoms. The van der Waals surface area contributed by atoms with Crippen LogP contribution in [0.3, 0.4) is 0 Å². The molecule has 9 heteroatoms. The van der Waals surface area contributed by atoms with E-state index in [9.17, 15) is 19.5 Å². The van der Waals surface area contributed by atoms with Crippen molar-refractivity contribution in [2.75, 3.05) is 47.5 Å². The molecular weight excluding hydrogens is 1100 g/mol. The van der Waals surface area contributed by atoms with Crippen LogP contribution in [0.25, 0.3) is 0 Å². The average molecular weight is 1250 g/mol. The number of carbonyl (C=O) groups excluding carboxylic acids is 2. The molecule has 0 aliphatic carbocycles. The van der Waals surface area contributed by atoms with Crippen LogP contribution in [-0.2, 0) is 33.3 Å². The maximum Gasteiger partial charge on any atom is 0.361 e. The number of aliphatic carboxylic acids is 1. The van der Waals surface area contributed by atoms with Crippen molar-refractivity contribution in [1.82, 2.24) is 0 Å². The van der Waals surface area contributed by atoms with Gasteiger partial charge in [0.1, 0.15) is 13.2 Å². The van der Waals surface area contributed by atoms with Gasteiger partial charge in [0.15, 0.2) is 6.10 Å². The van der Waals surface area contributed by atoms with Crippen molar-refractivity contribution in [2.24, 2.45) is 0 Å². The van der Waals surface area contributed by atoms with Crippen LogP contribution in [0.4, 0.5) is 0 Å². The van der Waals surface area contributed by atoms with Gasteiger partial charge in [0.25, 0.3) is 6.29 Å². The molecule has 0 fully saturated rings. The highest BCUT2D eigenvalue weighted by Crippen LogP contribution is 2.18. The minimum absolute atomic E-state index is 0.173. The second-order valence-electron chi connectivity index (χ2n) is 26.2. The summed E-state index contributed by atoms with van der Waals surface area (Å²) in [6.07, 6.45) is 94.4. The Morgan fingerprint density at radius 2 is 0.652 bits per heavy atom. The summed E-state index contributed by atoms with van der Waals surface area (Å²) >= 11 is 0. The Kier molecular flexibility index (Phi) is 67.1. The first-order valence-electron chi connectivity index (χ1n) is 37.4. The summed E-state index contributed by atoms with van der Waals surface area (Å²) in [5, 5.41) is 9.74. The fourth-order valence-electron chi connectivity index (χ4n) is 10.6. The molecule has 0 saturated carbocycles. The van der Waals surface area contributed by atoms with E-state index in [4.69, 9.17) is 18.9 Å². The third kappa shape index (κ3) is 71.5. The molecule has 514 valence electrons. The van der Waals surface area contributed by atoms with Crippen molar-refractivity contribution in [2.45, 2.75) is 347 Å². The summed E-state index contributed by atoms with van der Waals surface area (Å²) < 4.78 is 22.9. The number of carboxylic acids is 1. The fourth-order valence-corrected chi connectivity index (χ4v) is 10.6. The molecule has 2 unspecified atom stereocenters. The highest BCUT2D eigenvalue weighted by atomic mass is 16.7. The molecule has 0 aromatic carbocycles. The van der Waals surface area contributed by atoms with Crippen LogP contribution >= 0.6 is 0 Å². The Balaban J connectivity index is 4.01. The molecule has 0 saturated heterocycles. The van der Waals surface area contributed by atoms with Crippen molar-refractivity contribution < 1.29 is 42.9 Å². The first-order chi connectivity index (χ1) is 43.6. The molecule has 1 N–H and O–H groups in total. The van der Waals surface area contributed by atoms with E-state index < -0.39 is 24.3 Å². The molecule has 9 nitrogen and oxygen atoms in total. The Morgan fingerprint density at radius 1 is 0.348 bits per heavy atom. The summed E-state index contributed by atoms with van der Waals surface area (Å²) in [7, 11) is 5.96. The maximum atomic E-state index is 12.9. The Hall–Kier alpha value is -3.79. The van der Waals surface area contributed by atoms with Crippen LogP contribution in [0.15, 0.2) is 97.2 Å². The summed E-state index contributed by atoms with van der Waals surface area (Å²) in [6.45, 7) is 4.72. The quantitative estimate of drug-likeness (QED) is 0.0211. The van der Waals surface area contributed by atoms with E-state index in [0.29, 0.717) is 23.9 Å². The van der Waals surface area contributed by atoms with Gasteiger partial charge in [0.05, 0.1) is 34.4 Å². The zero-order chi connectivity index (χ0) is 64.7. The van der Waals surface area contributed by atoms with E-state index in [-0.39, 0.29) is 38.6 Å². The first kappa shape index (κ1) is 85.2.